The molecular weight excluding hydrogens is 342 g/mol. The van der Waals surface area contributed by atoms with E-state index in [9.17, 15) is 5.11 Å². The van der Waals surface area contributed by atoms with E-state index in [1.54, 1.807) is 32.8 Å². The molecule has 25 heavy (non-hydrogen) atoms. The molecule has 1 fully saturated rings. The molecule has 0 radical (unpaired) electrons. The average Bonchev–Trinajstić information content (AvgIpc) is 2.96. The molecule has 1 aliphatic heterocycles. The Morgan fingerprint density at radius 2 is 2.08 bits per heavy atom. The van der Waals surface area contributed by atoms with Gasteiger partial charge in [0.1, 0.15) is 0 Å². The predicted molar refractivity (Wildman–Crippen MR) is 95.1 cm³/mol. The van der Waals surface area contributed by atoms with Crippen molar-refractivity contribution in [1.82, 2.24) is 14.9 Å². The summed E-state index contributed by atoms with van der Waals surface area (Å²) in [6.07, 6.45) is 5.41. The van der Waals surface area contributed by atoms with E-state index in [1.807, 2.05) is 12.1 Å². The molecule has 0 unspecified atom stereocenters. The molecule has 1 aromatic carbocycles. The summed E-state index contributed by atoms with van der Waals surface area (Å²) < 4.78 is 10.6. The number of aliphatic hydroxyl groups excluding tert-OH is 1. The van der Waals surface area contributed by atoms with Crippen molar-refractivity contribution in [3.63, 3.8) is 0 Å². The molecule has 6 nitrogen and oxygen atoms in total. The topological polar surface area (TPSA) is 67.7 Å². The van der Waals surface area contributed by atoms with Crippen LogP contribution in [0.5, 0.6) is 11.5 Å². The zero-order chi connectivity index (χ0) is 17.8. The number of rotatable bonds is 6. The van der Waals surface area contributed by atoms with E-state index in [2.05, 4.69) is 14.9 Å². The summed E-state index contributed by atoms with van der Waals surface area (Å²) in [6, 6.07) is 3.79. The van der Waals surface area contributed by atoms with Gasteiger partial charge in [0, 0.05) is 44.1 Å². The Morgan fingerprint density at radius 1 is 1.24 bits per heavy atom. The Morgan fingerprint density at radius 3 is 2.76 bits per heavy atom. The third kappa shape index (κ3) is 4.03. The zero-order valence-electron chi connectivity index (χ0n) is 14.4. The molecule has 1 saturated heterocycles. The van der Waals surface area contributed by atoms with Gasteiger partial charge in [-0.15, -0.1) is 0 Å². The quantitative estimate of drug-likeness (QED) is 0.848. The van der Waals surface area contributed by atoms with Crippen LogP contribution in [0.25, 0.3) is 0 Å². The van der Waals surface area contributed by atoms with Crippen LogP contribution in [0.2, 0.25) is 5.02 Å². The number of aliphatic hydroxyl groups is 1. The summed E-state index contributed by atoms with van der Waals surface area (Å²) in [4.78, 5) is 10.6. The number of methoxy groups -OCH3 is 2. The Bertz CT molecular complexity index is 714. The molecule has 0 amide bonds. The minimum Gasteiger partial charge on any atom is -0.493 e. The number of hydrogen-bond acceptors (Lipinski definition) is 6. The Balaban J connectivity index is 1.68. The van der Waals surface area contributed by atoms with E-state index in [0.29, 0.717) is 36.0 Å². The molecule has 3 rings (SSSR count). The smallest absolute Gasteiger partial charge is 0.179 e. The highest BCUT2D eigenvalue weighted by Gasteiger charge is 2.32. The monoisotopic (exact) mass is 363 g/mol. The third-order valence-corrected chi connectivity index (χ3v) is 4.94. The van der Waals surface area contributed by atoms with Crippen LogP contribution in [0.1, 0.15) is 11.3 Å². The molecule has 2 aromatic rings. The number of hydrogen-bond donors (Lipinski definition) is 1. The maximum Gasteiger partial charge on any atom is 0.179 e. The lowest BCUT2D eigenvalue weighted by atomic mass is 10.0. The van der Waals surface area contributed by atoms with Crippen LogP contribution in [0.15, 0.2) is 30.7 Å². The number of β-amino-alcohol motifs (C(OH)–C–C–N with tert-alkyl or cyclic N) is 1. The largest absolute Gasteiger partial charge is 0.493 e. The zero-order valence-corrected chi connectivity index (χ0v) is 15.1. The lowest BCUT2D eigenvalue weighted by Crippen LogP contribution is -2.21. The first-order valence-corrected chi connectivity index (χ1v) is 8.54. The summed E-state index contributed by atoms with van der Waals surface area (Å²) in [6.45, 7) is 2.03. The molecule has 0 saturated carbocycles. The van der Waals surface area contributed by atoms with E-state index < -0.39 is 0 Å². The fourth-order valence-corrected chi connectivity index (χ4v) is 3.56. The number of nitrogens with zero attached hydrogens (tertiary/aromatic N) is 3. The van der Waals surface area contributed by atoms with Crippen LogP contribution < -0.4 is 9.47 Å². The van der Waals surface area contributed by atoms with E-state index in [1.165, 1.54) is 0 Å². The van der Waals surface area contributed by atoms with Crippen molar-refractivity contribution in [2.24, 2.45) is 5.92 Å². The van der Waals surface area contributed by atoms with E-state index >= 15 is 0 Å². The normalized spacial score (nSPS) is 20.6. The van der Waals surface area contributed by atoms with Crippen LogP contribution in [0.3, 0.4) is 0 Å². The molecule has 2 atom stereocenters. The molecule has 1 aliphatic rings. The van der Waals surface area contributed by atoms with E-state index in [0.717, 1.165) is 17.8 Å². The van der Waals surface area contributed by atoms with Crippen molar-refractivity contribution in [3.8, 4) is 11.5 Å². The maximum absolute atomic E-state index is 10.4. The van der Waals surface area contributed by atoms with Gasteiger partial charge in [-0.05, 0) is 18.1 Å². The first kappa shape index (κ1) is 17.9. The summed E-state index contributed by atoms with van der Waals surface area (Å²) in [5, 5.41) is 10.9. The molecule has 0 aliphatic carbocycles. The summed E-state index contributed by atoms with van der Waals surface area (Å²) in [5.41, 5.74) is 1.85. The number of likely N-dealkylation sites (tertiary alicyclic amines) is 1. The van der Waals surface area contributed by atoms with Gasteiger partial charge in [-0.3, -0.25) is 14.9 Å². The van der Waals surface area contributed by atoms with Crippen LogP contribution >= 0.6 is 11.6 Å². The molecule has 0 spiro atoms. The van der Waals surface area contributed by atoms with Gasteiger partial charge < -0.3 is 14.6 Å². The minimum absolute atomic E-state index is 0.135. The van der Waals surface area contributed by atoms with Crippen molar-refractivity contribution in [3.05, 3.63) is 47.0 Å². The Hall–Kier alpha value is -1.89. The lowest BCUT2D eigenvalue weighted by Gasteiger charge is -2.18. The third-order valence-electron chi connectivity index (χ3n) is 4.53. The van der Waals surface area contributed by atoms with Gasteiger partial charge in [-0.25, -0.2) is 0 Å². The highest BCUT2D eigenvalue weighted by Crippen LogP contribution is 2.38. The van der Waals surface area contributed by atoms with E-state index in [4.69, 9.17) is 21.1 Å². The van der Waals surface area contributed by atoms with Crippen molar-refractivity contribution >= 4 is 11.6 Å². The molecular formula is C18H22ClN3O3. The summed E-state index contributed by atoms with van der Waals surface area (Å²) in [7, 11) is 3.16. The second kappa shape index (κ2) is 7.99. The predicted octanol–water partition coefficient (Wildman–Crippen LogP) is 2.18. The summed E-state index contributed by atoms with van der Waals surface area (Å²) >= 11 is 6.46. The van der Waals surface area contributed by atoms with Crippen molar-refractivity contribution in [2.45, 2.75) is 19.1 Å². The van der Waals surface area contributed by atoms with Crippen LogP contribution in [0.4, 0.5) is 0 Å². The highest BCUT2D eigenvalue weighted by atomic mass is 35.5. The first-order chi connectivity index (χ1) is 12.1. The van der Waals surface area contributed by atoms with Gasteiger partial charge in [-0.2, -0.15) is 0 Å². The first-order valence-electron chi connectivity index (χ1n) is 8.17. The number of aromatic nitrogens is 2. The molecule has 0 bridgehead atoms. The molecule has 1 aromatic heterocycles. The summed E-state index contributed by atoms with van der Waals surface area (Å²) in [5.74, 6) is 1.28. The second-order valence-corrected chi connectivity index (χ2v) is 6.57. The van der Waals surface area contributed by atoms with Crippen LogP contribution in [-0.2, 0) is 13.0 Å². The Kier molecular flexibility index (Phi) is 5.73. The van der Waals surface area contributed by atoms with Gasteiger partial charge in [0.25, 0.3) is 0 Å². The number of halogens is 1. The average molecular weight is 364 g/mol. The highest BCUT2D eigenvalue weighted by molar-refractivity contribution is 6.33. The van der Waals surface area contributed by atoms with Gasteiger partial charge in [-0.1, -0.05) is 17.7 Å². The molecule has 1 N–H and O–H groups in total. The van der Waals surface area contributed by atoms with Crippen molar-refractivity contribution < 1.29 is 14.6 Å². The van der Waals surface area contributed by atoms with Crippen molar-refractivity contribution in [1.29, 1.82) is 0 Å². The molecule has 134 valence electrons. The standard InChI is InChI=1S/C18H22ClN3O3/c1-24-16-4-3-12(17(19)18(16)25-2)9-22-10-13(15(23)11-22)7-14-8-20-5-6-21-14/h3-6,8,13,15,23H,7,9-11H2,1-2H3/t13-,15-/m1/s1. The van der Waals surface area contributed by atoms with Gasteiger partial charge in [0.2, 0.25) is 0 Å². The SMILES string of the molecule is COc1ccc(CN2C[C@@H](Cc3cnccn3)[C@H](O)C2)c(Cl)c1OC. The van der Waals surface area contributed by atoms with Gasteiger partial charge in [0.05, 0.1) is 31.0 Å². The van der Waals surface area contributed by atoms with Crippen LogP contribution in [-0.4, -0.2) is 53.4 Å². The van der Waals surface area contributed by atoms with Crippen molar-refractivity contribution in [2.75, 3.05) is 27.3 Å². The molecule has 7 heteroatoms. The molecule has 2 heterocycles. The van der Waals surface area contributed by atoms with E-state index in [-0.39, 0.29) is 12.0 Å². The fourth-order valence-electron chi connectivity index (χ4n) is 3.27. The minimum atomic E-state index is -0.388. The Labute approximate surface area is 152 Å². The van der Waals surface area contributed by atoms with Gasteiger partial charge in [0.15, 0.2) is 11.5 Å². The fraction of sp³-hybridized carbons (Fsp3) is 0.444. The number of ether oxygens (including phenoxy) is 2. The lowest BCUT2D eigenvalue weighted by molar-refractivity contribution is 0.140. The number of benzene rings is 1. The van der Waals surface area contributed by atoms with Crippen LogP contribution in [0, 0.1) is 5.92 Å². The van der Waals surface area contributed by atoms with Gasteiger partial charge >= 0.3 is 0 Å². The maximum atomic E-state index is 10.4. The second-order valence-electron chi connectivity index (χ2n) is 6.20.